The SMILES string of the molecule is Cc1ccc(-c2cccc[n+]2CC(=O)c2ccccc2)cc1.Fc1c(F)c(F)c([B-](c2c(F)c(F)c(F)c(F)c2F)(c2c(F)c(F)c(F)c(F)c2F)c2c(F)c(F)c(F)c(F)c2F)c(F)c1F. The molecule has 2 nitrogen and oxygen atoms in total. The fourth-order valence-corrected chi connectivity index (χ4v) is 7.34. The minimum atomic E-state index is -7.22. The Hall–Kier alpha value is -7.20. The molecule has 0 saturated heterocycles. The van der Waals surface area contributed by atoms with E-state index in [4.69, 9.17) is 0 Å². The van der Waals surface area contributed by atoms with Crippen molar-refractivity contribution in [2.75, 3.05) is 0 Å². The third kappa shape index (κ3) is 8.02. The maximum atomic E-state index is 15.4. The van der Waals surface area contributed by atoms with Crippen molar-refractivity contribution in [1.82, 2.24) is 0 Å². The summed E-state index contributed by atoms with van der Waals surface area (Å²) in [5.74, 6) is -71.3. The lowest BCUT2D eigenvalue weighted by Crippen LogP contribution is -2.81. The third-order valence-electron chi connectivity index (χ3n) is 10.4. The van der Waals surface area contributed by atoms with E-state index in [0.29, 0.717) is 6.54 Å². The number of Topliss-reactive ketones (excluding diaryl/α,β-unsaturated/α-hetero) is 1. The number of pyridine rings is 1. The van der Waals surface area contributed by atoms with E-state index in [1.165, 1.54) is 5.56 Å². The zero-order chi connectivity index (χ0) is 49.7. The van der Waals surface area contributed by atoms with Crippen LogP contribution in [0.2, 0.25) is 0 Å². The molecular formula is C44H18BF20NO. The Morgan fingerprint density at radius 1 is 0.373 bits per heavy atom. The Labute approximate surface area is 361 Å². The number of carbonyl (C=O) groups is 1. The topological polar surface area (TPSA) is 20.9 Å². The smallest absolute Gasteiger partial charge is 0.227 e. The average Bonchev–Trinajstić information content (AvgIpc) is 3.32. The number of halogens is 20. The van der Waals surface area contributed by atoms with Crippen LogP contribution in [0.1, 0.15) is 15.9 Å². The van der Waals surface area contributed by atoms with E-state index < -0.39 is 144 Å². The standard InChI is InChI=1S/C24BF20.C20H18NO/c26-5-1(6(27)14(35)21(42)13(5)34)25(2-7(28)15(36)22(43)16(37)8(2)29,3-9(30)17(38)23(44)18(39)10(3)31)4-11(32)19(40)24(45)20(41)12(4)33;1-16-10-12-17(13-11-16)19-9-5-6-14-21(19)15-20(22)18-7-3-2-4-8-18/h;2-14H,15H2,1H3/q-1;+1. The average molecular weight is 967 g/mol. The molecule has 0 amide bonds. The fourth-order valence-electron chi connectivity index (χ4n) is 7.34. The summed E-state index contributed by atoms with van der Waals surface area (Å²) in [6.07, 6.45) is -5.26. The van der Waals surface area contributed by atoms with Crippen molar-refractivity contribution in [3.05, 3.63) is 206 Å². The number of hydrogen-bond donors (Lipinski definition) is 0. The summed E-state index contributed by atoms with van der Waals surface area (Å²) in [7, 11) is 0. The highest BCUT2D eigenvalue weighted by Crippen LogP contribution is 2.31. The zero-order valence-electron chi connectivity index (χ0n) is 32.7. The van der Waals surface area contributed by atoms with Crippen molar-refractivity contribution in [2.24, 2.45) is 0 Å². The number of carbonyl (C=O) groups excluding carboxylic acids is 1. The molecule has 0 atom stereocenters. The molecule has 6 aromatic carbocycles. The van der Waals surface area contributed by atoms with Crippen LogP contribution >= 0.6 is 0 Å². The second-order valence-electron chi connectivity index (χ2n) is 14.2. The van der Waals surface area contributed by atoms with E-state index in [9.17, 15) is 57.5 Å². The molecule has 67 heavy (non-hydrogen) atoms. The van der Waals surface area contributed by atoms with E-state index in [1.54, 1.807) is 0 Å². The van der Waals surface area contributed by atoms with E-state index in [2.05, 4.69) is 31.2 Å². The van der Waals surface area contributed by atoms with Gasteiger partial charge >= 0.3 is 0 Å². The van der Waals surface area contributed by atoms with Gasteiger partial charge in [-0.15, -0.1) is 21.9 Å². The molecule has 0 spiro atoms. The van der Waals surface area contributed by atoms with Gasteiger partial charge < -0.3 is 0 Å². The molecule has 0 radical (unpaired) electrons. The number of aromatic nitrogens is 1. The number of hydrogen-bond acceptors (Lipinski definition) is 1. The highest BCUT2D eigenvalue weighted by molar-refractivity contribution is 7.20. The van der Waals surface area contributed by atoms with Crippen LogP contribution < -0.4 is 26.4 Å². The predicted octanol–water partition coefficient (Wildman–Crippen LogP) is 9.68. The van der Waals surface area contributed by atoms with Crippen LogP contribution in [-0.4, -0.2) is 11.9 Å². The molecule has 7 rings (SSSR count). The molecule has 0 unspecified atom stereocenters. The molecular weight excluding hydrogens is 949 g/mol. The summed E-state index contributed by atoms with van der Waals surface area (Å²) in [5.41, 5.74) is -10.2. The van der Waals surface area contributed by atoms with Crippen LogP contribution in [0.3, 0.4) is 0 Å². The normalized spacial score (nSPS) is 11.5. The highest BCUT2D eigenvalue weighted by Gasteiger charge is 2.52. The van der Waals surface area contributed by atoms with Gasteiger partial charge in [0, 0.05) is 23.3 Å². The van der Waals surface area contributed by atoms with Crippen LogP contribution in [0.25, 0.3) is 11.3 Å². The molecule has 23 heteroatoms. The second kappa shape index (κ2) is 18.6. The van der Waals surface area contributed by atoms with E-state index >= 15 is 35.1 Å². The summed E-state index contributed by atoms with van der Waals surface area (Å²) in [5, 5.41) is 0. The van der Waals surface area contributed by atoms with Crippen molar-refractivity contribution in [3.8, 4) is 11.3 Å². The van der Waals surface area contributed by atoms with Gasteiger partial charge in [0.15, 0.2) is 76.0 Å². The Morgan fingerprint density at radius 3 is 0.970 bits per heavy atom. The molecule has 0 aliphatic carbocycles. The van der Waals surface area contributed by atoms with Crippen LogP contribution in [0.4, 0.5) is 87.8 Å². The predicted molar refractivity (Wildman–Crippen MR) is 197 cm³/mol. The first kappa shape index (κ1) is 49.2. The van der Waals surface area contributed by atoms with Crippen LogP contribution in [0.5, 0.6) is 0 Å². The van der Waals surface area contributed by atoms with Gasteiger partial charge in [0.2, 0.25) is 18.0 Å². The van der Waals surface area contributed by atoms with Crippen LogP contribution in [0, 0.1) is 123 Å². The lowest BCUT2D eigenvalue weighted by atomic mass is 9.12. The van der Waals surface area contributed by atoms with Crippen molar-refractivity contribution in [2.45, 2.75) is 13.5 Å². The lowest BCUT2D eigenvalue weighted by Gasteiger charge is -2.44. The summed E-state index contributed by atoms with van der Waals surface area (Å²) in [6, 6.07) is 23.8. The lowest BCUT2D eigenvalue weighted by molar-refractivity contribution is -0.672. The molecule has 0 bridgehead atoms. The van der Waals surface area contributed by atoms with Gasteiger partial charge in [0.25, 0.3) is 0 Å². The van der Waals surface area contributed by atoms with Gasteiger partial charge in [0.1, 0.15) is 52.7 Å². The third-order valence-corrected chi connectivity index (χ3v) is 10.4. The molecule has 1 heterocycles. The maximum Gasteiger partial charge on any atom is 0.227 e. The Kier molecular flexibility index (Phi) is 13.7. The second-order valence-corrected chi connectivity index (χ2v) is 14.2. The number of rotatable bonds is 8. The van der Waals surface area contributed by atoms with Crippen molar-refractivity contribution >= 4 is 33.8 Å². The van der Waals surface area contributed by atoms with Crippen molar-refractivity contribution in [3.63, 3.8) is 0 Å². The van der Waals surface area contributed by atoms with Gasteiger partial charge in [-0.2, -0.15) is 4.57 Å². The van der Waals surface area contributed by atoms with Crippen molar-refractivity contribution in [1.29, 1.82) is 0 Å². The Bertz CT molecular complexity index is 2750. The van der Waals surface area contributed by atoms with Gasteiger partial charge in [-0.05, 0) is 25.1 Å². The molecule has 0 saturated carbocycles. The van der Waals surface area contributed by atoms with Crippen molar-refractivity contribution < 1.29 is 97.2 Å². The van der Waals surface area contributed by atoms with E-state index in [-0.39, 0.29) is 5.78 Å². The Balaban J connectivity index is 0.000000279. The van der Waals surface area contributed by atoms with Gasteiger partial charge in [0.05, 0.1) is 0 Å². The summed E-state index contributed by atoms with van der Waals surface area (Å²) < 4.78 is 296. The molecule has 0 aliphatic rings. The first-order valence-corrected chi connectivity index (χ1v) is 18.3. The van der Waals surface area contributed by atoms with Crippen LogP contribution in [-0.2, 0) is 6.54 Å². The maximum absolute atomic E-state index is 15.4. The monoisotopic (exact) mass is 967 g/mol. The first-order valence-electron chi connectivity index (χ1n) is 18.3. The zero-order valence-corrected chi connectivity index (χ0v) is 32.7. The minimum Gasteiger partial charge on any atom is -0.287 e. The first-order chi connectivity index (χ1) is 31.4. The largest absolute Gasteiger partial charge is 0.287 e. The van der Waals surface area contributed by atoms with E-state index in [1.807, 2.05) is 59.3 Å². The van der Waals surface area contributed by atoms with E-state index in [0.717, 1.165) is 16.8 Å². The Morgan fingerprint density at radius 2 is 0.657 bits per heavy atom. The molecule has 0 fully saturated rings. The summed E-state index contributed by atoms with van der Waals surface area (Å²) in [4.78, 5) is 12.4. The number of nitrogens with zero attached hydrogens (tertiary/aromatic N) is 1. The fraction of sp³-hybridized carbons (Fsp3) is 0.0455. The van der Waals surface area contributed by atoms with Gasteiger partial charge in [-0.1, -0.05) is 48.0 Å². The summed E-state index contributed by atoms with van der Waals surface area (Å²) >= 11 is 0. The molecule has 0 aliphatic heterocycles. The molecule has 1 aromatic heterocycles. The number of aryl methyl sites for hydroxylation is 1. The molecule has 0 N–H and O–H groups in total. The highest BCUT2D eigenvalue weighted by atomic mass is 19.2. The number of benzene rings is 6. The number of ketones is 1. The van der Waals surface area contributed by atoms with Gasteiger partial charge in [-0.3, -0.25) is 4.79 Å². The van der Waals surface area contributed by atoms with Gasteiger partial charge in [-0.25, -0.2) is 87.8 Å². The minimum absolute atomic E-state index is 0.116. The quantitative estimate of drug-likeness (QED) is 0.0372. The summed E-state index contributed by atoms with van der Waals surface area (Å²) in [6.45, 7) is 2.41. The molecule has 7 aromatic rings. The molecule has 348 valence electrons. The van der Waals surface area contributed by atoms with Crippen LogP contribution in [0.15, 0.2) is 79.0 Å².